The van der Waals surface area contributed by atoms with Gasteiger partial charge in [0.15, 0.2) is 6.17 Å². The Kier molecular flexibility index (Phi) is 3.88. The molecule has 1 amide bonds. The molecule has 0 aliphatic carbocycles. The molecule has 4 rings (SSSR count). The average Bonchev–Trinajstić information content (AvgIpc) is 3.21. The van der Waals surface area contributed by atoms with E-state index in [2.05, 4.69) is 26.1 Å². The summed E-state index contributed by atoms with van der Waals surface area (Å²) in [6, 6.07) is 13.0. The predicted octanol–water partition coefficient (Wildman–Crippen LogP) is 4.69. The average molecular weight is 402 g/mol. The highest BCUT2D eigenvalue weighted by molar-refractivity contribution is 9.10. The first-order valence-electron chi connectivity index (χ1n) is 7.72. The van der Waals surface area contributed by atoms with Crippen LogP contribution in [0.4, 0.5) is 10.1 Å². The van der Waals surface area contributed by atoms with Crippen molar-refractivity contribution in [2.24, 2.45) is 0 Å². The van der Waals surface area contributed by atoms with Gasteiger partial charge in [0, 0.05) is 15.6 Å². The van der Waals surface area contributed by atoms with E-state index in [1.165, 1.54) is 6.92 Å². The molecule has 0 spiro atoms. The Morgan fingerprint density at radius 1 is 1.24 bits per heavy atom. The molecule has 1 aromatic heterocycles. The van der Waals surface area contributed by atoms with Crippen molar-refractivity contribution in [1.82, 2.24) is 10.2 Å². The minimum Gasteiger partial charge on any atom is -0.418 e. The molecule has 1 atom stereocenters. The monoisotopic (exact) mass is 401 g/mol. The zero-order chi connectivity index (χ0) is 17.6. The summed E-state index contributed by atoms with van der Waals surface area (Å²) in [6.07, 6.45) is -1.33. The number of para-hydroxylation sites is 1. The van der Waals surface area contributed by atoms with Gasteiger partial charge in [0.05, 0.1) is 12.2 Å². The number of halogens is 2. The Bertz CT molecular complexity index is 970. The molecule has 1 unspecified atom stereocenters. The van der Waals surface area contributed by atoms with Gasteiger partial charge in [-0.2, -0.15) is 0 Å². The second-order valence-electron chi connectivity index (χ2n) is 5.78. The Morgan fingerprint density at radius 3 is 2.76 bits per heavy atom. The van der Waals surface area contributed by atoms with Gasteiger partial charge >= 0.3 is 0 Å². The Labute approximate surface area is 151 Å². The number of anilines is 1. The summed E-state index contributed by atoms with van der Waals surface area (Å²) in [6.45, 7) is 1.83. The molecule has 7 heteroatoms. The molecule has 0 fully saturated rings. The number of carbonyl (C=O) groups excluding carboxylic acids is 1. The lowest BCUT2D eigenvalue weighted by atomic mass is 10.1. The molecule has 0 radical (unpaired) electrons. The molecular formula is C18H13BrFN3O2. The quantitative estimate of drug-likeness (QED) is 0.638. The number of benzene rings is 2. The molecule has 5 nitrogen and oxygen atoms in total. The fraction of sp³-hybridized carbons (Fsp3) is 0.167. The van der Waals surface area contributed by atoms with Crippen LogP contribution in [0.15, 0.2) is 51.4 Å². The summed E-state index contributed by atoms with van der Waals surface area (Å²) in [4.78, 5) is 14.5. The Hall–Kier alpha value is -2.54. The number of carbonyl (C=O) groups is 1. The van der Waals surface area contributed by atoms with Crippen LogP contribution < -0.4 is 4.90 Å². The predicted molar refractivity (Wildman–Crippen MR) is 93.9 cm³/mol. The number of rotatable bonds is 3. The zero-order valence-electron chi connectivity index (χ0n) is 13.2. The summed E-state index contributed by atoms with van der Waals surface area (Å²) < 4.78 is 19.4. The van der Waals surface area contributed by atoms with Gasteiger partial charge in [-0.15, -0.1) is 10.2 Å². The van der Waals surface area contributed by atoms with Crippen LogP contribution in [0.5, 0.6) is 0 Å². The van der Waals surface area contributed by atoms with Crippen LogP contribution in [0.1, 0.15) is 34.9 Å². The summed E-state index contributed by atoms with van der Waals surface area (Å²) in [5.74, 6) is 0.0356. The van der Waals surface area contributed by atoms with E-state index in [4.69, 9.17) is 4.42 Å². The van der Waals surface area contributed by atoms with Gasteiger partial charge in [0.25, 0.3) is 11.8 Å². The van der Waals surface area contributed by atoms with E-state index in [1.54, 1.807) is 17.0 Å². The normalized spacial score (nSPS) is 14.7. The second kappa shape index (κ2) is 6.07. The SMILES string of the molecule is CC(F)c1nnc(-c2ccc3c(c2)C(=O)N(c2ccccc2Br)C3)o1. The van der Waals surface area contributed by atoms with E-state index in [0.717, 1.165) is 15.7 Å². The van der Waals surface area contributed by atoms with E-state index in [-0.39, 0.29) is 17.7 Å². The van der Waals surface area contributed by atoms with Gasteiger partial charge in [-0.25, -0.2) is 4.39 Å². The van der Waals surface area contributed by atoms with E-state index < -0.39 is 6.17 Å². The lowest BCUT2D eigenvalue weighted by Gasteiger charge is -2.17. The second-order valence-corrected chi connectivity index (χ2v) is 6.63. The third-order valence-electron chi connectivity index (χ3n) is 4.09. The van der Waals surface area contributed by atoms with E-state index in [9.17, 15) is 9.18 Å². The molecule has 2 heterocycles. The maximum atomic E-state index is 13.3. The maximum Gasteiger partial charge on any atom is 0.258 e. The van der Waals surface area contributed by atoms with Crippen LogP contribution in [-0.4, -0.2) is 16.1 Å². The first-order valence-corrected chi connectivity index (χ1v) is 8.51. The molecule has 0 saturated heterocycles. The minimum atomic E-state index is -1.33. The van der Waals surface area contributed by atoms with Crippen LogP contribution in [0, 0.1) is 0 Å². The number of amides is 1. The van der Waals surface area contributed by atoms with Crippen molar-refractivity contribution in [3.05, 3.63) is 64.0 Å². The van der Waals surface area contributed by atoms with Gasteiger partial charge in [-0.3, -0.25) is 4.79 Å². The van der Waals surface area contributed by atoms with E-state index in [1.807, 2.05) is 30.3 Å². The molecule has 0 saturated carbocycles. The molecule has 1 aliphatic heterocycles. The zero-order valence-corrected chi connectivity index (χ0v) is 14.8. The number of fused-ring (bicyclic) bond motifs is 1. The third kappa shape index (κ3) is 2.74. The topological polar surface area (TPSA) is 59.2 Å². The van der Waals surface area contributed by atoms with Crippen molar-refractivity contribution in [3.8, 4) is 11.5 Å². The molecule has 0 N–H and O–H groups in total. The van der Waals surface area contributed by atoms with Gasteiger partial charge in [0.1, 0.15) is 0 Å². The summed E-state index contributed by atoms with van der Waals surface area (Å²) in [5.41, 5.74) is 2.92. The van der Waals surface area contributed by atoms with Gasteiger partial charge in [-0.05, 0) is 52.7 Å². The molecule has 25 heavy (non-hydrogen) atoms. The fourth-order valence-corrected chi connectivity index (χ4v) is 3.31. The van der Waals surface area contributed by atoms with Gasteiger partial charge < -0.3 is 9.32 Å². The van der Waals surface area contributed by atoms with Crippen molar-refractivity contribution >= 4 is 27.5 Å². The molecule has 3 aromatic rings. The van der Waals surface area contributed by atoms with Crippen molar-refractivity contribution < 1.29 is 13.6 Å². The fourth-order valence-electron chi connectivity index (χ4n) is 2.81. The Morgan fingerprint density at radius 2 is 2.04 bits per heavy atom. The van der Waals surface area contributed by atoms with Crippen molar-refractivity contribution in [2.75, 3.05) is 4.90 Å². The third-order valence-corrected chi connectivity index (χ3v) is 4.76. The molecule has 126 valence electrons. The van der Waals surface area contributed by atoms with Crippen LogP contribution in [-0.2, 0) is 6.54 Å². The van der Waals surface area contributed by atoms with Gasteiger partial charge in [0.2, 0.25) is 5.89 Å². The summed E-state index contributed by atoms with van der Waals surface area (Å²) in [5, 5.41) is 7.55. The van der Waals surface area contributed by atoms with Crippen molar-refractivity contribution in [2.45, 2.75) is 19.6 Å². The lowest BCUT2D eigenvalue weighted by Crippen LogP contribution is -2.23. The number of alkyl halides is 1. The summed E-state index contributed by atoms with van der Waals surface area (Å²) in [7, 11) is 0. The summed E-state index contributed by atoms with van der Waals surface area (Å²) >= 11 is 3.48. The van der Waals surface area contributed by atoms with Crippen molar-refractivity contribution in [3.63, 3.8) is 0 Å². The van der Waals surface area contributed by atoms with Gasteiger partial charge in [-0.1, -0.05) is 18.2 Å². The number of nitrogens with zero attached hydrogens (tertiary/aromatic N) is 3. The standard InChI is InChI=1S/C18H13BrFN3O2/c1-10(20)16-21-22-17(25-16)11-6-7-12-9-23(18(24)13(12)8-11)15-5-3-2-4-14(15)19/h2-8,10H,9H2,1H3. The lowest BCUT2D eigenvalue weighted by molar-refractivity contribution is 0.0996. The van der Waals surface area contributed by atoms with Crippen molar-refractivity contribution in [1.29, 1.82) is 0 Å². The maximum absolute atomic E-state index is 13.3. The van der Waals surface area contributed by atoms with E-state index >= 15 is 0 Å². The van der Waals surface area contributed by atoms with Crippen LogP contribution in [0.2, 0.25) is 0 Å². The molecule has 1 aliphatic rings. The molecule has 0 bridgehead atoms. The first kappa shape index (κ1) is 16.0. The number of aromatic nitrogens is 2. The number of hydrogen-bond donors (Lipinski definition) is 0. The van der Waals surface area contributed by atoms with Crippen LogP contribution in [0.25, 0.3) is 11.5 Å². The van der Waals surface area contributed by atoms with E-state index in [0.29, 0.717) is 17.7 Å². The first-order chi connectivity index (χ1) is 12.0. The Balaban J connectivity index is 1.69. The molecule has 2 aromatic carbocycles. The minimum absolute atomic E-state index is 0.0725. The van der Waals surface area contributed by atoms with Crippen LogP contribution >= 0.6 is 15.9 Å². The number of hydrogen-bond acceptors (Lipinski definition) is 4. The highest BCUT2D eigenvalue weighted by atomic mass is 79.9. The van der Waals surface area contributed by atoms with Crippen LogP contribution in [0.3, 0.4) is 0 Å². The largest absolute Gasteiger partial charge is 0.418 e. The smallest absolute Gasteiger partial charge is 0.258 e. The molecular weight excluding hydrogens is 389 g/mol. The highest BCUT2D eigenvalue weighted by Crippen LogP contribution is 2.35. The highest BCUT2D eigenvalue weighted by Gasteiger charge is 2.30.